The standard InChI is InChI=1S/C19H23NO3S2/c1-16-4-6-17(7-5-16)10-14-25(21,22)20(15-19-3-2-13-24-19)18-8-11-23-12-9-18/h2-7,10,13-14,18H,8-9,11-12,15H2,1H3/b14-10+. The molecule has 1 aromatic heterocycles. The second-order valence-electron chi connectivity index (χ2n) is 6.23. The fraction of sp³-hybridized carbons (Fsp3) is 0.368. The Hall–Kier alpha value is -1.47. The molecule has 0 spiro atoms. The molecule has 1 aromatic carbocycles. The molecule has 0 aliphatic carbocycles. The minimum atomic E-state index is -3.50. The summed E-state index contributed by atoms with van der Waals surface area (Å²) in [6.07, 6.45) is 3.15. The smallest absolute Gasteiger partial charge is 0.236 e. The van der Waals surface area contributed by atoms with E-state index in [1.165, 1.54) is 5.41 Å². The van der Waals surface area contributed by atoms with Crippen LogP contribution in [-0.2, 0) is 21.3 Å². The molecule has 0 radical (unpaired) electrons. The van der Waals surface area contributed by atoms with E-state index in [4.69, 9.17) is 4.74 Å². The van der Waals surface area contributed by atoms with Gasteiger partial charge in [0, 0.05) is 36.1 Å². The monoisotopic (exact) mass is 377 g/mol. The number of benzene rings is 1. The molecule has 2 aromatic rings. The third kappa shape index (κ3) is 5.01. The SMILES string of the molecule is Cc1ccc(/C=C/S(=O)(=O)N(Cc2cccs2)C2CCOCC2)cc1. The van der Waals surface area contributed by atoms with Gasteiger partial charge < -0.3 is 4.74 Å². The number of hydrogen-bond donors (Lipinski definition) is 0. The molecule has 6 heteroatoms. The van der Waals surface area contributed by atoms with Crippen LogP contribution < -0.4 is 0 Å². The molecule has 1 fully saturated rings. The average Bonchev–Trinajstić information content (AvgIpc) is 3.13. The Balaban J connectivity index is 1.83. The second kappa shape index (κ2) is 8.27. The van der Waals surface area contributed by atoms with Crippen molar-refractivity contribution in [2.75, 3.05) is 13.2 Å². The van der Waals surface area contributed by atoms with Crippen molar-refractivity contribution in [3.63, 3.8) is 0 Å². The minimum absolute atomic E-state index is 0.0106. The summed E-state index contributed by atoms with van der Waals surface area (Å²) in [5, 5.41) is 3.31. The molecule has 0 amide bonds. The van der Waals surface area contributed by atoms with Crippen LogP contribution in [0.4, 0.5) is 0 Å². The molecule has 134 valence electrons. The van der Waals surface area contributed by atoms with Crippen LogP contribution in [0.1, 0.15) is 28.8 Å². The first-order chi connectivity index (χ1) is 12.0. The lowest BCUT2D eigenvalue weighted by Gasteiger charge is -2.32. The molecule has 4 nitrogen and oxygen atoms in total. The molecular formula is C19H23NO3S2. The second-order valence-corrected chi connectivity index (χ2v) is 9.03. The summed E-state index contributed by atoms with van der Waals surface area (Å²) >= 11 is 1.59. The van der Waals surface area contributed by atoms with Gasteiger partial charge in [0.05, 0.1) is 0 Å². The van der Waals surface area contributed by atoms with Gasteiger partial charge in [0.25, 0.3) is 0 Å². The third-order valence-corrected chi connectivity index (χ3v) is 6.75. The molecule has 0 bridgehead atoms. The van der Waals surface area contributed by atoms with E-state index < -0.39 is 10.0 Å². The maximum atomic E-state index is 13.0. The summed E-state index contributed by atoms with van der Waals surface area (Å²) in [4.78, 5) is 1.05. The average molecular weight is 378 g/mol. The summed E-state index contributed by atoms with van der Waals surface area (Å²) in [5.74, 6) is 0. The molecule has 25 heavy (non-hydrogen) atoms. The van der Waals surface area contributed by atoms with Gasteiger partial charge in [-0.2, -0.15) is 4.31 Å². The highest BCUT2D eigenvalue weighted by Gasteiger charge is 2.30. The zero-order valence-electron chi connectivity index (χ0n) is 14.3. The Bertz CT molecular complexity index is 790. The zero-order chi connectivity index (χ0) is 17.7. The van der Waals surface area contributed by atoms with Crippen LogP contribution in [-0.4, -0.2) is 32.0 Å². The third-order valence-electron chi connectivity index (χ3n) is 4.33. The number of thiophene rings is 1. The van der Waals surface area contributed by atoms with Gasteiger partial charge in [-0.25, -0.2) is 8.42 Å². The van der Waals surface area contributed by atoms with Crippen LogP contribution in [0, 0.1) is 6.92 Å². The molecular weight excluding hydrogens is 354 g/mol. The Kier molecular flexibility index (Phi) is 6.06. The van der Waals surface area contributed by atoms with Gasteiger partial charge in [-0.3, -0.25) is 0 Å². The van der Waals surface area contributed by atoms with E-state index in [0.29, 0.717) is 19.8 Å². The number of nitrogens with zero attached hydrogens (tertiary/aromatic N) is 1. The van der Waals surface area contributed by atoms with Crippen LogP contribution in [0.3, 0.4) is 0 Å². The van der Waals surface area contributed by atoms with Gasteiger partial charge >= 0.3 is 0 Å². The summed E-state index contributed by atoms with van der Waals surface area (Å²) in [6.45, 7) is 3.66. The van der Waals surface area contributed by atoms with Gasteiger partial charge in [-0.1, -0.05) is 35.9 Å². The van der Waals surface area contributed by atoms with E-state index in [1.807, 2.05) is 48.7 Å². The molecule has 0 atom stereocenters. The van der Waals surface area contributed by atoms with E-state index in [1.54, 1.807) is 21.7 Å². The van der Waals surface area contributed by atoms with E-state index in [0.717, 1.165) is 28.8 Å². The lowest BCUT2D eigenvalue weighted by Crippen LogP contribution is -2.41. The molecule has 0 N–H and O–H groups in total. The van der Waals surface area contributed by atoms with Crippen LogP contribution in [0.25, 0.3) is 6.08 Å². The van der Waals surface area contributed by atoms with Crippen molar-refractivity contribution in [1.29, 1.82) is 0 Å². The lowest BCUT2D eigenvalue weighted by atomic mass is 10.1. The van der Waals surface area contributed by atoms with Crippen molar-refractivity contribution in [2.24, 2.45) is 0 Å². The predicted octanol–water partition coefficient (Wildman–Crippen LogP) is 4.04. The van der Waals surface area contributed by atoms with Crippen LogP contribution >= 0.6 is 11.3 Å². The minimum Gasteiger partial charge on any atom is -0.381 e. The topological polar surface area (TPSA) is 46.6 Å². The Morgan fingerprint density at radius 1 is 1.20 bits per heavy atom. The van der Waals surface area contributed by atoms with Gasteiger partial charge in [-0.15, -0.1) is 11.3 Å². The summed E-state index contributed by atoms with van der Waals surface area (Å²) in [6, 6.07) is 11.7. The number of sulfonamides is 1. The Morgan fingerprint density at radius 3 is 2.56 bits per heavy atom. The van der Waals surface area contributed by atoms with Crippen molar-refractivity contribution in [2.45, 2.75) is 32.4 Å². The van der Waals surface area contributed by atoms with Gasteiger partial charge in [0.2, 0.25) is 10.0 Å². The highest BCUT2D eigenvalue weighted by Crippen LogP contribution is 2.24. The highest BCUT2D eigenvalue weighted by molar-refractivity contribution is 7.92. The van der Waals surface area contributed by atoms with E-state index >= 15 is 0 Å². The van der Waals surface area contributed by atoms with Crippen molar-refractivity contribution >= 4 is 27.4 Å². The fourth-order valence-electron chi connectivity index (χ4n) is 2.88. The molecule has 0 saturated carbocycles. The zero-order valence-corrected chi connectivity index (χ0v) is 15.9. The Morgan fingerprint density at radius 2 is 1.92 bits per heavy atom. The lowest BCUT2D eigenvalue weighted by molar-refractivity contribution is 0.0575. The summed E-state index contributed by atoms with van der Waals surface area (Å²) < 4.78 is 33.0. The molecule has 1 aliphatic rings. The summed E-state index contributed by atoms with van der Waals surface area (Å²) in [5.41, 5.74) is 2.04. The van der Waals surface area contributed by atoms with Crippen molar-refractivity contribution < 1.29 is 13.2 Å². The first-order valence-electron chi connectivity index (χ1n) is 8.41. The normalized spacial score (nSPS) is 16.7. The van der Waals surface area contributed by atoms with Gasteiger partial charge in [0.15, 0.2) is 0 Å². The number of rotatable bonds is 6. The first-order valence-corrected chi connectivity index (χ1v) is 10.8. The van der Waals surface area contributed by atoms with E-state index in [2.05, 4.69) is 0 Å². The molecule has 1 aliphatic heterocycles. The maximum absolute atomic E-state index is 13.0. The predicted molar refractivity (Wildman–Crippen MR) is 103 cm³/mol. The largest absolute Gasteiger partial charge is 0.381 e. The summed E-state index contributed by atoms with van der Waals surface area (Å²) in [7, 11) is -3.50. The first kappa shape index (κ1) is 18.3. The van der Waals surface area contributed by atoms with Gasteiger partial charge in [0.1, 0.15) is 0 Å². The van der Waals surface area contributed by atoms with Gasteiger partial charge in [-0.05, 0) is 42.9 Å². The van der Waals surface area contributed by atoms with Crippen molar-refractivity contribution in [1.82, 2.24) is 4.31 Å². The molecule has 1 saturated heterocycles. The van der Waals surface area contributed by atoms with E-state index in [-0.39, 0.29) is 6.04 Å². The number of aryl methyl sites for hydroxylation is 1. The number of ether oxygens (including phenoxy) is 1. The van der Waals surface area contributed by atoms with E-state index in [9.17, 15) is 8.42 Å². The fourth-order valence-corrected chi connectivity index (χ4v) is 5.09. The number of hydrogen-bond acceptors (Lipinski definition) is 4. The van der Waals surface area contributed by atoms with Crippen LogP contribution in [0.5, 0.6) is 0 Å². The molecule has 0 unspecified atom stereocenters. The molecule has 3 rings (SSSR count). The Labute approximate surface area is 153 Å². The van der Waals surface area contributed by atoms with Crippen LogP contribution in [0.2, 0.25) is 0 Å². The van der Waals surface area contributed by atoms with Crippen LogP contribution in [0.15, 0.2) is 47.2 Å². The molecule has 2 heterocycles. The quantitative estimate of drug-likeness (QED) is 0.763. The highest BCUT2D eigenvalue weighted by atomic mass is 32.2. The van der Waals surface area contributed by atoms with Crippen molar-refractivity contribution in [3.05, 3.63) is 63.2 Å². The van der Waals surface area contributed by atoms with Crippen molar-refractivity contribution in [3.8, 4) is 0 Å². The maximum Gasteiger partial charge on any atom is 0.236 e.